The van der Waals surface area contributed by atoms with Gasteiger partial charge < -0.3 is 59.9 Å². The number of piperidine rings is 2. The molecule has 8 rings (SSSR count). The topological polar surface area (TPSA) is 246 Å². The smallest absolute Gasteiger partial charge is 0.314 e. The van der Waals surface area contributed by atoms with Gasteiger partial charge in [0.1, 0.15) is 23.7 Å². The van der Waals surface area contributed by atoms with Crippen LogP contribution in [0.25, 0.3) is 0 Å². The van der Waals surface area contributed by atoms with Gasteiger partial charge >= 0.3 is 12.1 Å². The highest BCUT2D eigenvalue weighted by molar-refractivity contribution is 7.80. The molecule has 4 aliphatic rings. The van der Waals surface area contributed by atoms with E-state index in [1.54, 1.807) is 24.3 Å². The van der Waals surface area contributed by atoms with Gasteiger partial charge in [-0.2, -0.15) is 0 Å². The van der Waals surface area contributed by atoms with Crippen molar-refractivity contribution in [1.82, 2.24) is 31.1 Å². The Labute approximate surface area is 546 Å². The number of carbonyl (C=O) groups is 2. The Morgan fingerprint density at radius 2 is 0.898 bits per heavy atom. The summed E-state index contributed by atoms with van der Waals surface area (Å²) in [7, 11) is 0. The van der Waals surface area contributed by atoms with Gasteiger partial charge in [-0.3, -0.25) is 18.2 Å². The fraction of sp³-hybridized carbons (Fsp3) is 0.594. The summed E-state index contributed by atoms with van der Waals surface area (Å²) in [5.41, 5.74) is 19.7. The summed E-state index contributed by atoms with van der Waals surface area (Å²) >= 11 is 21.5. The van der Waals surface area contributed by atoms with Gasteiger partial charge in [0, 0.05) is 130 Å². The number of ether oxygens (including phenoxy) is 2. The predicted octanol–water partition coefficient (Wildman–Crippen LogP) is 11.8. The Bertz CT molecular complexity index is 2800. The first-order chi connectivity index (χ1) is 42.4. The molecule has 18 nitrogen and oxygen atoms in total. The monoisotopic (exact) mass is 1330 g/mol. The molecule has 2 unspecified atom stereocenters. The minimum absolute atomic E-state index is 0.0451. The number of amides is 4. The maximum absolute atomic E-state index is 12.4. The van der Waals surface area contributed by atoms with E-state index in [1.165, 1.54) is 8.61 Å². The molecular weight excluding hydrogens is 1240 g/mol. The Kier molecular flexibility index (Phi) is 27.8. The van der Waals surface area contributed by atoms with E-state index < -0.39 is 22.5 Å². The molecule has 8 atom stereocenters. The number of fused-ring (bicyclic) bond motifs is 2. The molecule has 8 N–H and O–H groups in total. The Balaban J connectivity index is 0.615. The van der Waals surface area contributed by atoms with Gasteiger partial charge in [-0.05, 0) is 187 Å². The van der Waals surface area contributed by atoms with Gasteiger partial charge in [-0.15, -0.1) is 0 Å². The number of hydrogen-bond acceptors (Lipinski definition) is 12. The van der Waals surface area contributed by atoms with Gasteiger partial charge in [0.15, 0.2) is 0 Å². The maximum atomic E-state index is 12.4. The number of carbonyl (C=O) groups excluding carboxylic acids is 2. The van der Waals surface area contributed by atoms with Crippen LogP contribution in [0.2, 0.25) is 20.1 Å². The number of benzene rings is 4. The summed E-state index contributed by atoms with van der Waals surface area (Å²) < 4.78 is 66.0. The van der Waals surface area contributed by atoms with E-state index >= 15 is 0 Å². The van der Waals surface area contributed by atoms with Crippen molar-refractivity contribution in [3.63, 3.8) is 0 Å². The summed E-state index contributed by atoms with van der Waals surface area (Å²) in [6.07, 6.45) is 17.0. The molecule has 0 radical (unpaired) electrons. The van der Waals surface area contributed by atoms with Gasteiger partial charge in [-0.1, -0.05) is 97.8 Å². The fourth-order valence-corrected chi connectivity index (χ4v) is 15.2. The number of halogens is 4. The van der Waals surface area contributed by atoms with Crippen LogP contribution < -0.4 is 50.8 Å². The van der Waals surface area contributed by atoms with Crippen molar-refractivity contribution in [3.05, 3.63) is 114 Å². The highest BCUT2D eigenvalue weighted by Crippen LogP contribution is 2.46. The molecule has 4 amide bonds. The third kappa shape index (κ3) is 20.2. The lowest BCUT2D eigenvalue weighted by atomic mass is 10.0. The number of likely N-dealkylation sites (tertiary alicyclic amines) is 2. The molecule has 24 heteroatoms. The standard InChI is InChI=1S/C64H92Cl4N10O8S2/c1-43-33-49(21-23-59(43)85-61-53-35-45(65)37-55(67)51(53)39-57(61)75-29-17-19-47(69)41-75)77(87(81)82)31-15-9-5-3-7-11-25-71-63(79)73-27-13-14-28-74-64(80)72-26-12-8-4-6-10-16-32-78(88(83)84)50-22-24-60(44(2)34-50)86-62-54-36-46(66)38-56(68)52(54)40-58(62)76-30-18-20-48(70)42-76/h21-24,33-38,47-48,57-58,61-62H,3-20,25-32,39-42,69-70H2,1-2H3,(H,81,82)(H,83,84)(H2,71,73,79)(H2,72,74,80)/p-2/t47-,48-,57+,58+,61+,62+/m1/s1. The molecule has 2 saturated heterocycles. The number of urea groups is 2. The summed E-state index contributed by atoms with van der Waals surface area (Å²) in [5.74, 6) is 1.35. The van der Waals surface area contributed by atoms with Gasteiger partial charge in [0.05, 0.1) is 12.1 Å². The average Bonchev–Trinajstić information content (AvgIpc) is 2.36. The predicted molar refractivity (Wildman–Crippen MR) is 355 cm³/mol. The molecule has 2 aliphatic heterocycles. The summed E-state index contributed by atoms with van der Waals surface area (Å²) in [4.78, 5) is 29.5. The van der Waals surface area contributed by atoms with Crippen LogP contribution in [0.3, 0.4) is 0 Å². The van der Waals surface area contributed by atoms with Crippen molar-refractivity contribution in [3.8, 4) is 11.5 Å². The third-order valence-corrected chi connectivity index (χ3v) is 20.1. The van der Waals surface area contributed by atoms with E-state index in [2.05, 4.69) is 31.1 Å². The van der Waals surface area contributed by atoms with E-state index in [4.69, 9.17) is 67.3 Å². The second kappa shape index (κ2) is 35.0. The first kappa shape index (κ1) is 69.7. The van der Waals surface area contributed by atoms with Gasteiger partial charge in [0.2, 0.25) is 0 Å². The van der Waals surface area contributed by atoms with E-state index in [1.807, 2.05) is 50.2 Å². The van der Waals surface area contributed by atoms with Crippen LogP contribution in [0, 0.1) is 13.8 Å². The van der Waals surface area contributed by atoms with Crippen molar-refractivity contribution in [1.29, 1.82) is 0 Å². The second-order valence-electron chi connectivity index (χ2n) is 24.2. The van der Waals surface area contributed by atoms with Crippen molar-refractivity contribution in [2.45, 2.75) is 179 Å². The lowest BCUT2D eigenvalue weighted by Crippen LogP contribution is -2.49. The summed E-state index contributed by atoms with van der Waals surface area (Å²) in [5, 5.41) is 14.0. The SMILES string of the molecule is Cc1cc(N(CCCCCCCCNC(=O)NCCCCNC(=O)NCCCCCCCCN(c2ccc(O[C@H]3c4cc(Cl)cc(Cl)c4C[C@@H]3N3CCC[C@@H](N)C3)c(C)c2)S(=O)[O-])S(=O)[O-])ccc1O[C@H]1c2cc(Cl)cc(Cl)c2C[C@@H]1N1CCC[C@@H](N)C1. The van der Waals surface area contributed by atoms with E-state index in [9.17, 15) is 27.1 Å². The van der Waals surface area contributed by atoms with Crippen LogP contribution in [0.1, 0.15) is 161 Å². The van der Waals surface area contributed by atoms with Crippen molar-refractivity contribution in [2.24, 2.45) is 11.5 Å². The molecule has 88 heavy (non-hydrogen) atoms. The normalized spacial score (nSPS) is 20.8. The minimum Gasteiger partial charge on any atom is -0.755 e. The quantitative estimate of drug-likeness (QED) is 0.0193. The number of nitrogens with two attached hydrogens (primary N) is 2. The Morgan fingerprint density at radius 3 is 1.25 bits per heavy atom. The van der Waals surface area contributed by atoms with Crippen LogP contribution in [0.5, 0.6) is 11.5 Å². The van der Waals surface area contributed by atoms with Gasteiger partial charge in [0.25, 0.3) is 0 Å². The largest absolute Gasteiger partial charge is 0.755 e. The molecule has 486 valence electrons. The number of rotatable bonds is 33. The van der Waals surface area contributed by atoms with Crippen molar-refractivity contribution < 1.29 is 36.6 Å². The lowest BCUT2D eigenvalue weighted by molar-refractivity contribution is 0.0589. The van der Waals surface area contributed by atoms with Crippen LogP contribution in [0.4, 0.5) is 21.0 Å². The number of nitrogens with zero attached hydrogens (tertiary/aromatic N) is 4. The molecular formula is C64H90Cl4N10O8S2-2. The second-order valence-corrected chi connectivity index (χ2v) is 27.6. The van der Waals surface area contributed by atoms with Crippen LogP contribution >= 0.6 is 46.4 Å². The third-order valence-electron chi connectivity index (χ3n) is 17.5. The van der Waals surface area contributed by atoms with Crippen LogP contribution in [0.15, 0.2) is 60.7 Å². The average molecular weight is 1330 g/mol. The van der Waals surface area contributed by atoms with Crippen molar-refractivity contribution >= 4 is 92.4 Å². The lowest BCUT2D eigenvalue weighted by Gasteiger charge is -2.38. The van der Waals surface area contributed by atoms with E-state index in [0.29, 0.717) is 95.1 Å². The number of anilines is 2. The van der Waals surface area contributed by atoms with Crippen LogP contribution in [-0.2, 0) is 35.4 Å². The molecule has 4 aromatic rings. The molecule has 2 heterocycles. The van der Waals surface area contributed by atoms with E-state index in [-0.39, 0.29) is 48.4 Å². The highest BCUT2D eigenvalue weighted by atomic mass is 35.5. The minimum atomic E-state index is -2.45. The maximum Gasteiger partial charge on any atom is 0.314 e. The number of nitrogens with one attached hydrogen (secondary N) is 4. The number of aryl methyl sites for hydroxylation is 2. The zero-order valence-corrected chi connectivity index (χ0v) is 55.6. The fourth-order valence-electron chi connectivity index (χ4n) is 12.9. The van der Waals surface area contributed by atoms with E-state index in [0.717, 1.165) is 175 Å². The molecule has 2 fully saturated rings. The number of hydrogen-bond donors (Lipinski definition) is 6. The molecule has 4 aromatic carbocycles. The molecule has 2 aliphatic carbocycles. The van der Waals surface area contributed by atoms with Crippen molar-refractivity contribution in [2.75, 3.05) is 74.1 Å². The summed E-state index contributed by atoms with van der Waals surface area (Å²) in [6, 6.07) is 18.4. The molecule has 0 spiro atoms. The first-order valence-electron chi connectivity index (χ1n) is 31.7. The molecule has 0 saturated carbocycles. The molecule has 0 aromatic heterocycles. The zero-order valence-electron chi connectivity index (χ0n) is 51.0. The summed E-state index contributed by atoms with van der Waals surface area (Å²) in [6.45, 7) is 10.2. The van der Waals surface area contributed by atoms with Crippen LogP contribution in [-0.4, -0.2) is 129 Å². The Hall–Kier alpha value is -4.16. The Morgan fingerprint density at radius 1 is 0.545 bits per heavy atom. The number of unbranched alkanes of at least 4 members (excludes halogenated alkanes) is 11. The van der Waals surface area contributed by atoms with Gasteiger partial charge in [-0.25, -0.2) is 9.59 Å². The zero-order chi connectivity index (χ0) is 62.7. The highest BCUT2D eigenvalue weighted by Gasteiger charge is 2.42. The first-order valence-corrected chi connectivity index (χ1v) is 35.3. The molecule has 0 bridgehead atoms.